The van der Waals surface area contributed by atoms with Gasteiger partial charge in [-0.2, -0.15) is 5.10 Å². The zero-order valence-electron chi connectivity index (χ0n) is 9.85. The predicted octanol–water partition coefficient (Wildman–Crippen LogP) is 1.01. The van der Waals surface area contributed by atoms with Crippen molar-refractivity contribution in [3.8, 4) is 0 Å². The number of nitrogens with zero attached hydrogens (tertiary/aromatic N) is 3. The first-order valence-electron chi connectivity index (χ1n) is 5.09. The fourth-order valence-electron chi connectivity index (χ4n) is 1.06. The predicted molar refractivity (Wildman–Crippen MR) is 59.2 cm³/mol. The van der Waals surface area contributed by atoms with E-state index in [0.717, 1.165) is 11.4 Å². The molecule has 16 heavy (non-hydrogen) atoms. The van der Waals surface area contributed by atoms with Crippen molar-refractivity contribution in [1.82, 2.24) is 15.2 Å². The smallest absolute Gasteiger partial charge is 0.308 e. The van der Waals surface area contributed by atoms with E-state index in [9.17, 15) is 4.79 Å². The summed E-state index contributed by atoms with van der Waals surface area (Å²) in [6.07, 6.45) is 0. The third-order valence-corrected chi connectivity index (χ3v) is 2.59. The van der Waals surface area contributed by atoms with Gasteiger partial charge in [0.1, 0.15) is 0 Å². The van der Waals surface area contributed by atoms with Gasteiger partial charge in [-0.3, -0.25) is 4.79 Å². The Balaban J connectivity index is 2.73. The second-order valence-corrected chi connectivity index (χ2v) is 3.87. The van der Waals surface area contributed by atoms with E-state index in [1.54, 1.807) is 13.8 Å². The van der Waals surface area contributed by atoms with E-state index in [1.807, 2.05) is 13.8 Å². The number of aryl methyl sites for hydroxylation is 2. The van der Waals surface area contributed by atoms with Crippen LogP contribution >= 0.6 is 0 Å². The van der Waals surface area contributed by atoms with Crippen molar-refractivity contribution in [2.75, 3.05) is 5.32 Å². The van der Waals surface area contributed by atoms with Crippen LogP contribution in [-0.4, -0.2) is 32.3 Å². The molecule has 0 radical (unpaired) electrons. The zero-order valence-corrected chi connectivity index (χ0v) is 9.85. The molecule has 0 fully saturated rings. The number of nitrogens with one attached hydrogen (secondary N) is 1. The number of carboxylic acids is 1. The van der Waals surface area contributed by atoms with Gasteiger partial charge in [0.15, 0.2) is 0 Å². The summed E-state index contributed by atoms with van der Waals surface area (Å²) in [4.78, 5) is 14.9. The molecule has 6 heteroatoms. The van der Waals surface area contributed by atoms with E-state index < -0.39 is 11.9 Å². The lowest BCUT2D eigenvalue weighted by molar-refractivity contribution is -0.141. The highest BCUT2D eigenvalue weighted by Crippen LogP contribution is 2.09. The number of aliphatic carboxylic acids is 1. The van der Waals surface area contributed by atoms with Crippen molar-refractivity contribution in [3.63, 3.8) is 0 Å². The van der Waals surface area contributed by atoms with Crippen LogP contribution in [0.5, 0.6) is 0 Å². The van der Waals surface area contributed by atoms with E-state index in [2.05, 4.69) is 20.5 Å². The Morgan fingerprint density at radius 2 is 1.88 bits per heavy atom. The molecule has 0 saturated heterocycles. The van der Waals surface area contributed by atoms with E-state index in [1.165, 1.54) is 0 Å². The summed E-state index contributed by atoms with van der Waals surface area (Å²) in [5, 5.41) is 19.5. The van der Waals surface area contributed by atoms with Gasteiger partial charge in [-0.25, -0.2) is 4.98 Å². The summed E-state index contributed by atoms with van der Waals surface area (Å²) in [7, 11) is 0. The molecule has 0 aliphatic carbocycles. The van der Waals surface area contributed by atoms with E-state index in [-0.39, 0.29) is 6.04 Å². The minimum Gasteiger partial charge on any atom is -0.481 e. The third-order valence-electron chi connectivity index (χ3n) is 2.59. The Hall–Kier alpha value is -1.72. The molecule has 0 saturated carbocycles. The quantitative estimate of drug-likeness (QED) is 0.793. The lowest BCUT2D eigenvalue weighted by Crippen LogP contribution is -2.30. The third kappa shape index (κ3) is 2.88. The topological polar surface area (TPSA) is 88.0 Å². The molecule has 0 aliphatic heterocycles. The molecule has 2 unspecified atom stereocenters. The van der Waals surface area contributed by atoms with Gasteiger partial charge in [0, 0.05) is 6.04 Å². The highest BCUT2D eigenvalue weighted by molar-refractivity contribution is 5.70. The average Bonchev–Trinajstić information content (AvgIpc) is 2.22. The van der Waals surface area contributed by atoms with Crippen molar-refractivity contribution in [2.24, 2.45) is 5.92 Å². The molecular formula is C10H16N4O2. The highest BCUT2D eigenvalue weighted by Gasteiger charge is 2.20. The van der Waals surface area contributed by atoms with Crippen LogP contribution in [0.2, 0.25) is 0 Å². The summed E-state index contributed by atoms with van der Waals surface area (Å²) in [6.45, 7) is 7.06. The van der Waals surface area contributed by atoms with Gasteiger partial charge in [0.05, 0.1) is 17.3 Å². The summed E-state index contributed by atoms with van der Waals surface area (Å²) in [5.41, 5.74) is 1.55. The maximum atomic E-state index is 10.8. The zero-order chi connectivity index (χ0) is 12.3. The number of aromatic nitrogens is 3. The SMILES string of the molecule is Cc1nnc(NC(C)C(C)C(=O)O)nc1C. The van der Waals surface area contributed by atoms with E-state index >= 15 is 0 Å². The van der Waals surface area contributed by atoms with Gasteiger partial charge < -0.3 is 10.4 Å². The summed E-state index contributed by atoms with van der Waals surface area (Å²) in [6, 6.07) is -0.249. The fraction of sp³-hybridized carbons (Fsp3) is 0.600. The van der Waals surface area contributed by atoms with Crippen LogP contribution in [-0.2, 0) is 4.79 Å². The van der Waals surface area contributed by atoms with Gasteiger partial charge in [0.2, 0.25) is 5.95 Å². The molecule has 1 aromatic rings. The minimum atomic E-state index is -0.850. The molecule has 2 atom stereocenters. The van der Waals surface area contributed by atoms with Gasteiger partial charge in [-0.15, -0.1) is 5.10 Å². The van der Waals surface area contributed by atoms with Crippen molar-refractivity contribution in [3.05, 3.63) is 11.4 Å². The molecule has 2 N–H and O–H groups in total. The number of hydrogen-bond donors (Lipinski definition) is 2. The van der Waals surface area contributed by atoms with Crippen LogP contribution in [0.1, 0.15) is 25.2 Å². The molecular weight excluding hydrogens is 208 g/mol. The lowest BCUT2D eigenvalue weighted by atomic mass is 10.0. The van der Waals surface area contributed by atoms with E-state index in [0.29, 0.717) is 5.95 Å². The first kappa shape index (κ1) is 12.4. The minimum absolute atomic E-state index is 0.249. The molecule has 88 valence electrons. The summed E-state index contributed by atoms with van der Waals surface area (Å²) < 4.78 is 0. The molecule has 0 aliphatic rings. The Kier molecular flexibility index (Phi) is 3.76. The molecule has 1 aromatic heterocycles. The summed E-state index contributed by atoms with van der Waals surface area (Å²) >= 11 is 0. The number of carbonyl (C=O) groups is 1. The van der Waals surface area contributed by atoms with Gasteiger partial charge in [0.25, 0.3) is 0 Å². The molecule has 0 aromatic carbocycles. The first-order valence-corrected chi connectivity index (χ1v) is 5.09. The van der Waals surface area contributed by atoms with Gasteiger partial charge in [-0.1, -0.05) is 0 Å². The highest BCUT2D eigenvalue weighted by atomic mass is 16.4. The standard InChI is InChI=1S/C10H16N4O2/c1-5(9(15)16)6(2)11-10-12-7(3)8(4)13-14-10/h5-6H,1-4H3,(H,15,16)(H,11,12,14). The van der Waals surface area contributed by atoms with Crippen LogP contribution in [0.3, 0.4) is 0 Å². The molecule has 0 bridgehead atoms. The Morgan fingerprint density at radius 3 is 2.38 bits per heavy atom. The van der Waals surface area contributed by atoms with E-state index in [4.69, 9.17) is 5.11 Å². The van der Waals surface area contributed by atoms with Crippen LogP contribution in [0.4, 0.5) is 5.95 Å². The van der Waals surface area contributed by atoms with Gasteiger partial charge >= 0.3 is 5.97 Å². The fourth-order valence-corrected chi connectivity index (χ4v) is 1.06. The van der Waals surface area contributed by atoms with Crippen LogP contribution in [0.15, 0.2) is 0 Å². The van der Waals surface area contributed by atoms with Crippen LogP contribution in [0.25, 0.3) is 0 Å². The van der Waals surface area contributed by atoms with Crippen molar-refractivity contribution < 1.29 is 9.90 Å². The maximum absolute atomic E-state index is 10.8. The number of carboxylic acid groups (broad SMARTS) is 1. The van der Waals surface area contributed by atoms with Crippen LogP contribution in [0, 0.1) is 19.8 Å². The second-order valence-electron chi connectivity index (χ2n) is 3.87. The number of rotatable bonds is 4. The normalized spacial score (nSPS) is 14.2. The molecule has 1 heterocycles. The van der Waals surface area contributed by atoms with Crippen LogP contribution < -0.4 is 5.32 Å². The number of anilines is 1. The van der Waals surface area contributed by atoms with Crippen molar-refractivity contribution >= 4 is 11.9 Å². The monoisotopic (exact) mass is 224 g/mol. The average molecular weight is 224 g/mol. The molecule has 6 nitrogen and oxygen atoms in total. The lowest BCUT2D eigenvalue weighted by Gasteiger charge is -2.17. The molecule has 0 spiro atoms. The number of hydrogen-bond acceptors (Lipinski definition) is 5. The Morgan fingerprint density at radius 1 is 1.25 bits per heavy atom. The molecule has 0 amide bonds. The molecule has 1 rings (SSSR count). The Bertz CT molecular complexity index is 394. The van der Waals surface area contributed by atoms with Crippen molar-refractivity contribution in [2.45, 2.75) is 33.7 Å². The second kappa shape index (κ2) is 4.87. The maximum Gasteiger partial charge on any atom is 0.308 e. The summed E-state index contributed by atoms with van der Waals surface area (Å²) in [5.74, 6) is -0.995. The first-order chi connectivity index (χ1) is 7.41. The van der Waals surface area contributed by atoms with Crippen molar-refractivity contribution in [1.29, 1.82) is 0 Å². The largest absolute Gasteiger partial charge is 0.481 e. The van der Waals surface area contributed by atoms with Gasteiger partial charge in [-0.05, 0) is 27.7 Å². The Labute approximate surface area is 94.1 Å².